The van der Waals surface area contributed by atoms with Gasteiger partial charge in [0.25, 0.3) is 5.91 Å². The zero-order valence-electron chi connectivity index (χ0n) is 16.1. The number of carbonyl (C=O) groups excluding carboxylic acids is 1. The molecule has 2 atom stereocenters. The van der Waals surface area contributed by atoms with Gasteiger partial charge < -0.3 is 19.5 Å². The van der Waals surface area contributed by atoms with Crippen molar-refractivity contribution in [3.05, 3.63) is 65.9 Å². The average molecular weight is 375 g/mol. The standard InChI is InChI=1S/C23H25N3O2/c1-25-11-18-13-26(14-19(18)12-25)23(27)22-10-17-9-20(7-8-21(17)24-22)28-15-16-5-3-2-4-6-16/h2-10,18-19,24H,11-15H2,1H3/t18-,19+. The van der Waals surface area contributed by atoms with Crippen LogP contribution in [0.4, 0.5) is 0 Å². The Hall–Kier alpha value is -2.79. The van der Waals surface area contributed by atoms with E-state index in [-0.39, 0.29) is 5.91 Å². The summed E-state index contributed by atoms with van der Waals surface area (Å²) in [5.41, 5.74) is 2.77. The van der Waals surface area contributed by atoms with E-state index in [1.807, 2.05) is 47.4 Å². The minimum absolute atomic E-state index is 0.111. The van der Waals surface area contributed by atoms with Gasteiger partial charge in [-0.3, -0.25) is 4.79 Å². The van der Waals surface area contributed by atoms with Crippen molar-refractivity contribution in [2.75, 3.05) is 33.2 Å². The second kappa shape index (κ2) is 6.99. The lowest BCUT2D eigenvalue weighted by molar-refractivity contribution is 0.0771. The van der Waals surface area contributed by atoms with E-state index >= 15 is 0 Å². The van der Waals surface area contributed by atoms with E-state index in [0.717, 1.165) is 48.4 Å². The lowest BCUT2D eigenvalue weighted by Gasteiger charge is -2.18. The predicted octanol–water partition coefficient (Wildman–Crippen LogP) is 3.38. The lowest BCUT2D eigenvalue weighted by atomic mass is 10.0. The number of H-pyrrole nitrogens is 1. The van der Waals surface area contributed by atoms with Crippen LogP contribution >= 0.6 is 0 Å². The first-order valence-corrected chi connectivity index (χ1v) is 9.93. The van der Waals surface area contributed by atoms with Crippen LogP contribution in [0.2, 0.25) is 0 Å². The molecule has 0 aliphatic carbocycles. The second-order valence-electron chi connectivity index (χ2n) is 8.16. The molecule has 2 aliphatic rings. The summed E-state index contributed by atoms with van der Waals surface area (Å²) in [6.45, 7) is 4.48. The number of amides is 1. The first-order chi connectivity index (χ1) is 13.7. The average Bonchev–Trinajstić information content (AvgIpc) is 3.38. The van der Waals surface area contributed by atoms with Gasteiger partial charge in [-0.05, 0) is 48.7 Å². The monoisotopic (exact) mass is 375 g/mol. The number of ether oxygens (including phenoxy) is 1. The van der Waals surface area contributed by atoms with Crippen LogP contribution in [0.15, 0.2) is 54.6 Å². The summed E-state index contributed by atoms with van der Waals surface area (Å²) in [5.74, 6) is 2.17. The Labute approximate surface area is 164 Å². The fourth-order valence-electron chi connectivity index (χ4n) is 4.62. The molecule has 1 N–H and O–H groups in total. The highest BCUT2D eigenvalue weighted by atomic mass is 16.5. The van der Waals surface area contributed by atoms with Gasteiger partial charge in [0, 0.05) is 37.1 Å². The fourth-order valence-corrected chi connectivity index (χ4v) is 4.62. The molecular formula is C23H25N3O2. The summed E-state index contributed by atoms with van der Waals surface area (Å²) in [7, 11) is 2.17. The van der Waals surface area contributed by atoms with Crippen molar-refractivity contribution in [3.8, 4) is 5.75 Å². The topological polar surface area (TPSA) is 48.6 Å². The highest BCUT2D eigenvalue weighted by Crippen LogP contribution is 2.31. The van der Waals surface area contributed by atoms with E-state index in [0.29, 0.717) is 24.1 Å². The lowest BCUT2D eigenvalue weighted by Crippen LogP contribution is -2.32. The van der Waals surface area contributed by atoms with Crippen LogP contribution in [-0.2, 0) is 6.61 Å². The summed E-state index contributed by atoms with van der Waals surface area (Å²) in [4.78, 5) is 20.7. The van der Waals surface area contributed by atoms with Gasteiger partial charge in [-0.2, -0.15) is 0 Å². The summed E-state index contributed by atoms with van der Waals surface area (Å²) in [5, 5.41) is 1.01. The maximum Gasteiger partial charge on any atom is 0.270 e. The maximum atomic E-state index is 13.0. The number of aromatic nitrogens is 1. The van der Waals surface area contributed by atoms with Gasteiger partial charge in [-0.25, -0.2) is 0 Å². The Kier molecular flexibility index (Phi) is 4.32. The van der Waals surface area contributed by atoms with Crippen LogP contribution in [0, 0.1) is 11.8 Å². The number of nitrogens with zero attached hydrogens (tertiary/aromatic N) is 2. The highest BCUT2D eigenvalue weighted by molar-refractivity contribution is 5.98. The van der Waals surface area contributed by atoms with Gasteiger partial charge in [0.1, 0.15) is 18.1 Å². The van der Waals surface area contributed by atoms with Crippen LogP contribution in [0.5, 0.6) is 5.75 Å². The Bertz CT molecular complexity index is 984. The van der Waals surface area contributed by atoms with Gasteiger partial charge in [0.2, 0.25) is 0 Å². The fraction of sp³-hybridized carbons (Fsp3) is 0.348. The number of carbonyl (C=O) groups is 1. The van der Waals surface area contributed by atoms with Crippen LogP contribution in [-0.4, -0.2) is 53.9 Å². The molecule has 2 fully saturated rings. The van der Waals surface area contributed by atoms with Gasteiger partial charge >= 0.3 is 0 Å². The molecule has 5 rings (SSSR count). The highest BCUT2D eigenvalue weighted by Gasteiger charge is 2.40. The number of aromatic amines is 1. The number of nitrogens with one attached hydrogen (secondary N) is 1. The molecule has 5 nitrogen and oxygen atoms in total. The van der Waals surface area contributed by atoms with Gasteiger partial charge in [-0.1, -0.05) is 30.3 Å². The zero-order chi connectivity index (χ0) is 19.1. The minimum atomic E-state index is 0.111. The number of hydrogen-bond donors (Lipinski definition) is 1. The van der Waals surface area contributed by atoms with Crippen molar-refractivity contribution in [3.63, 3.8) is 0 Å². The van der Waals surface area contributed by atoms with Crippen LogP contribution in [0.3, 0.4) is 0 Å². The van der Waals surface area contributed by atoms with Crippen molar-refractivity contribution in [1.82, 2.24) is 14.8 Å². The summed E-state index contributed by atoms with van der Waals surface area (Å²) < 4.78 is 5.92. The third kappa shape index (κ3) is 3.27. The Morgan fingerprint density at radius 1 is 1.04 bits per heavy atom. The quantitative estimate of drug-likeness (QED) is 0.761. The van der Waals surface area contributed by atoms with E-state index < -0.39 is 0 Å². The van der Waals surface area contributed by atoms with Crippen molar-refractivity contribution in [1.29, 1.82) is 0 Å². The van der Waals surface area contributed by atoms with Crippen molar-refractivity contribution < 1.29 is 9.53 Å². The molecule has 0 saturated carbocycles. The summed E-state index contributed by atoms with van der Waals surface area (Å²) in [6.07, 6.45) is 0. The molecule has 144 valence electrons. The van der Waals surface area contributed by atoms with Crippen molar-refractivity contribution in [2.45, 2.75) is 6.61 Å². The van der Waals surface area contributed by atoms with Crippen molar-refractivity contribution in [2.24, 2.45) is 11.8 Å². The second-order valence-corrected chi connectivity index (χ2v) is 8.16. The Morgan fingerprint density at radius 3 is 2.54 bits per heavy atom. The molecular weight excluding hydrogens is 350 g/mol. The van der Waals surface area contributed by atoms with E-state index in [1.54, 1.807) is 0 Å². The number of rotatable bonds is 4. The summed E-state index contributed by atoms with van der Waals surface area (Å²) in [6, 6.07) is 18.0. The van der Waals surface area contributed by atoms with E-state index in [2.05, 4.69) is 29.1 Å². The van der Waals surface area contributed by atoms with Crippen LogP contribution < -0.4 is 4.74 Å². The molecule has 0 bridgehead atoms. The number of fused-ring (bicyclic) bond motifs is 2. The molecule has 2 aromatic carbocycles. The molecule has 1 amide bonds. The number of hydrogen-bond acceptors (Lipinski definition) is 3. The molecule has 28 heavy (non-hydrogen) atoms. The molecule has 3 aromatic rings. The minimum Gasteiger partial charge on any atom is -0.489 e. The zero-order valence-corrected chi connectivity index (χ0v) is 16.1. The largest absolute Gasteiger partial charge is 0.489 e. The van der Waals surface area contributed by atoms with Gasteiger partial charge in [0.05, 0.1) is 0 Å². The molecule has 1 aromatic heterocycles. The van der Waals surface area contributed by atoms with Crippen LogP contribution in [0.1, 0.15) is 16.1 Å². The van der Waals surface area contributed by atoms with E-state index in [1.165, 1.54) is 0 Å². The molecule has 0 unspecified atom stereocenters. The van der Waals surface area contributed by atoms with E-state index in [4.69, 9.17) is 4.74 Å². The SMILES string of the molecule is CN1C[C@@H]2CN(C(=O)c3cc4cc(OCc5ccccc5)ccc4[nH]3)C[C@@H]2C1. The Morgan fingerprint density at radius 2 is 1.79 bits per heavy atom. The molecule has 0 radical (unpaired) electrons. The van der Waals surface area contributed by atoms with Gasteiger partial charge in [0.15, 0.2) is 0 Å². The van der Waals surface area contributed by atoms with E-state index in [9.17, 15) is 4.79 Å². The first kappa shape index (κ1) is 17.3. The van der Waals surface area contributed by atoms with Gasteiger partial charge in [-0.15, -0.1) is 0 Å². The summed E-state index contributed by atoms with van der Waals surface area (Å²) >= 11 is 0. The number of likely N-dealkylation sites (tertiary alicyclic amines) is 2. The maximum absolute atomic E-state index is 13.0. The first-order valence-electron chi connectivity index (χ1n) is 9.93. The molecule has 2 aliphatic heterocycles. The molecule has 0 spiro atoms. The third-order valence-electron chi connectivity index (χ3n) is 6.03. The third-order valence-corrected chi connectivity index (χ3v) is 6.03. The molecule has 5 heteroatoms. The Balaban J connectivity index is 1.29. The van der Waals surface area contributed by atoms with Crippen LogP contribution in [0.25, 0.3) is 10.9 Å². The number of benzene rings is 2. The normalized spacial score (nSPS) is 22.0. The predicted molar refractivity (Wildman–Crippen MR) is 109 cm³/mol. The van der Waals surface area contributed by atoms with Crippen molar-refractivity contribution >= 4 is 16.8 Å². The molecule has 3 heterocycles. The smallest absolute Gasteiger partial charge is 0.270 e. The molecule has 2 saturated heterocycles.